The molecule has 0 aliphatic heterocycles. The highest BCUT2D eigenvalue weighted by Crippen LogP contribution is 2.14. The van der Waals surface area contributed by atoms with E-state index in [9.17, 15) is 9.18 Å². The molecule has 1 aromatic carbocycles. The SMILES string of the molecule is Cc1ccc(NC(=O)CBr)c(F)c1. The van der Waals surface area contributed by atoms with Gasteiger partial charge in [0.2, 0.25) is 5.91 Å². The Labute approximate surface area is 84.3 Å². The van der Waals surface area contributed by atoms with E-state index in [2.05, 4.69) is 21.2 Å². The van der Waals surface area contributed by atoms with Gasteiger partial charge in [-0.15, -0.1) is 0 Å². The van der Waals surface area contributed by atoms with Gasteiger partial charge in [0.25, 0.3) is 0 Å². The number of benzene rings is 1. The smallest absolute Gasteiger partial charge is 0.235 e. The summed E-state index contributed by atoms with van der Waals surface area (Å²) in [6.07, 6.45) is 0. The normalized spacial score (nSPS) is 9.77. The first-order valence-corrected chi connectivity index (χ1v) is 4.87. The quantitative estimate of drug-likeness (QED) is 0.798. The van der Waals surface area contributed by atoms with E-state index < -0.39 is 5.82 Å². The minimum atomic E-state index is -0.408. The first kappa shape index (κ1) is 10.2. The maximum absolute atomic E-state index is 13.1. The molecule has 1 aromatic rings. The van der Waals surface area contributed by atoms with Crippen LogP contribution >= 0.6 is 15.9 Å². The fourth-order valence-electron chi connectivity index (χ4n) is 0.905. The summed E-state index contributed by atoms with van der Waals surface area (Å²) in [7, 11) is 0. The molecule has 4 heteroatoms. The predicted octanol–water partition coefficient (Wildman–Crippen LogP) is 2.47. The molecule has 0 unspecified atom stereocenters. The molecule has 0 fully saturated rings. The lowest BCUT2D eigenvalue weighted by molar-refractivity contribution is -0.113. The topological polar surface area (TPSA) is 29.1 Å². The molecule has 70 valence electrons. The number of aryl methyl sites for hydroxylation is 1. The summed E-state index contributed by atoms with van der Waals surface area (Å²) in [6.45, 7) is 1.79. The third kappa shape index (κ3) is 2.81. The van der Waals surface area contributed by atoms with Gasteiger partial charge in [-0.1, -0.05) is 22.0 Å². The second-order valence-corrected chi connectivity index (χ2v) is 3.23. The van der Waals surface area contributed by atoms with Gasteiger partial charge >= 0.3 is 0 Å². The maximum Gasteiger partial charge on any atom is 0.235 e. The van der Waals surface area contributed by atoms with Gasteiger partial charge in [-0.2, -0.15) is 0 Å². The van der Waals surface area contributed by atoms with Crippen LogP contribution in [0.1, 0.15) is 5.56 Å². The van der Waals surface area contributed by atoms with Crippen molar-refractivity contribution in [3.8, 4) is 0 Å². The molecule has 0 atom stereocenters. The van der Waals surface area contributed by atoms with Gasteiger partial charge in [0, 0.05) is 0 Å². The highest BCUT2D eigenvalue weighted by Gasteiger charge is 2.04. The lowest BCUT2D eigenvalue weighted by Gasteiger charge is -2.04. The Hall–Kier alpha value is -0.900. The van der Waals surface area contributed by atoms with Crippen molar-refractivity contribution in [3.05, 3.63) is 29.6 Å². The van der Waals surface area contributed by atoms with Crippen LogP contribution in [-0.2, 0) is 4.79 Å². The number of hydrogen-bond donors (Lipinski definition) is 1. The Bertz CT molecular complexity index is 327. The van der Waals surface area contributed by atoms with E-state index >= 15 is 0 Å². The third-order valence-electron chi connectivity index (χ3n) is 1.52. The lowest BCUT2D eigenvalue weighted by Crippen LogP contribution is -2.13. The fourth-order valence-corrected chi connectivity index (χ4v) is 1.05. The molecule has 0 saturated carbocycles. The van der Waals surface area contributed by atoms with Gasteiger partial charge in [-0.05, 0) is 24.6 Å². The molecule has 0 radical (unpaired) electrons. The van der Waals surface area contributed by atoms with Gasteiger partial charge in [-0.25, -0.2) is 4.39 Å². The molecule has 0 aliphatic rings. The second-order valence-electron chi connectivity index (χ2n) is 2.67. The van der Waals surface area contributed by atoms with Crippen LogP contribution in [0.5, 0.6) is 0 Å². The molecule has 1 amide bonds. The Kier molecular flexibility index (Phi) is 3.42. The van der Waals surface area contributed by atoms with Crippen molar-refractivity contribution < 1.29 is 9.18 Å². The van der Waals surface area contributed by atoms with Crippen LogP contribution in [0.2, 0.25) is 0 Å². The fraction of sp³-hybridized carbons (Fsp3) is 0.222. The van der Waals surface area contributed by atoms with Crippen LogP contribution in [0.25, 0.3) is 0 Å². The summed E-state index contributed by atoms with van der Waals surface area (Å²) < 4.78 is 13.1. The molecule has 0 aromatic heterocycles. The number of amides is 1. The maximum atomic E-state index is 13.1. The Morgan fingerprint density at radius 3 is 2.85 bits per heavy atom. The van der Waals surface area contributed by atoms with Crippen molar-refractivity contribution >= 4 is 27.5 Å². The molecular formula is C9H9BrFNO. The third-order valence-corrected chi connectivity index (χ3v) is 2.03. The zero-order chi connectivity index (χ0) is 9.84. The number of carbonyl (C=O) groups excluding carboxylic acids is 1. The van der Waals surface area contributed by atoms with Crippen molar-refractivity contribution in [2.24, 2.45) is 0 Å². The summed E-state index contributed by atoms with van der Waals surface area (Å²) in [5.41, 5.74) is 1.05. The Morgan fingerprint density at radius 2 is 2.31 bits per heavy atom. The molecule has 0 spiro atoms. The van der Waals surface area contributed by atoms with Crippen LogP contribution in [-0.4, -0.2) is 11.2 Å². The number of carbonyl (C=O) groups is 1. The van der Waals surface area contributed by atoms with Crippen molar-refractivity contribution in [1.82, 2.24) is 0 Å². The lowest BCUT2D eigenvalue weighted by atomic mass is 10.2. The molecule has 1 N–H and O–H groups in total. The van der Waals surface area contributed by atoms with Crippen LogP contribution in [0, 0.1) is 12.7 Å². The van der Waals surface area contributed by atoms with Gasteiger partial charge in [0.05, 0.1) is 11.0 Å². The average molecular weight is 246 g/mol. The van der Waals surface area contributed by atoms with Crippen molar-refractivity contribution in [1.29, 1.82) is 0 Å². The molecule has 0 heterocycles. The van der Waals surface area contributed by atoms with E-state index in [4.69, 9.17) is 0 Å². The summed E-state index contributed by atoms with van der Waals surface area (Å²) in [4.78, 5) is 10.9. The minimum Gasteiger partial charge on any atom is -0.323 e. The van der Waals surface area contributed by atoms with Gasteiger partial charge in [0.1, 0.15) is 5.82 Å². The van der Waals surface area contributed by atoms with Crippen LogP contribution in [0.3, 0.4) is 0 Å². The Balaban J connectivity index is 2.83. The standard InChI is InChI=1S/C9H9BrFNO/c1-6-2-3-8(7(11)4-6)12-9(13)5-10/h2-4H,5H2,1H3,(H,12,13). The zero-order valence-corrected chi connectivity index (χ0v) is 8.69. The number of nitrogens with one attached hydrogen (secondary N) is 1. The summed E-state index contributed by atoms with van der Waals surface area (Å²) in [5.74, 6) is -0.669. The highest BCUT2D eigenvalue weighted by molar-refractivity contribution is 9.09. The zero-order valence-electron chi connectivity index (χ0n) is 7.10. The summed E-state index contributed by atoms with van der Waals surface area (Å²) in [6, 6.07) is 4.67. The summed E-state index contributed by atoms with van der Waals surface area (Å²) in [5, 5.41) is 2.59. The van der Waals surface area contributed by atoms with Gasteiger partial charge < -0.3 is 5.32 Å². The first-order chi connectivity index (χ1) is 6.13. The Morgan fingerprint density at radius 1 is 1.62 bits per heavy atom. The molecule has 0 bridgehead atoms. The average Bonchev–Trinajstić information content (AvgIpc) is 2.09. The summed E-state index contributed by atoms with van der Waals surface area (Å²) >= 11 is 2.98. The van der Waals surface area contributed by atoms with E-state index in [0.717, 1.165) is 5.56 Å². The van der Waals surface area contributed by atoms with E-state index in [1.54, 1.807) is 19.1 Å². The minimum absolute atomic E-state index is 0.167. The van der Waals surface area contributed by atoms with Crippen LogP contribution in [0.15, 0.2) is 18.2 Å². The molecular weight excluding hydrogens is 237 g/mol. The molecule has 2 nitrogen and oxygen atoms in total. The van der Waals surface area contributed by atoms with Crippen molar-refractivity contribution in [2.45, 2.75) is 6.92 Å². The molecule has 0 saturated heterocycles. The van der Waals surface area contributed by atoms with Crippen molar-refractivity contribution in [2.75, 3.05) is 10.6 Å². The monoisotopic (exact) mass is 245 g/mol. The first-order valence-electron chi connectivity index (χ1n) is 3.75. The number of halogens is 2. The van der Waals surface area contributed by atoms with Gasteiger partial charge in [-0.3, -0.25) is 4.79 Å². The predicted molar refractivity (Wildman–Crippen MR) is 53.6 cm³/mol. The molecule has 1 rings (SSSR count). The van der Waals surface area contributed by atoms with Gasteiger partial charge in [0.15, 0.2) is 0 Å². The van der Waals surface area contributed by atoms with Crippen molar-refractivity contribution in [3.63, 3.8) is 0 Å². The van der Waals surface area contributed by atoms with E-state index in [-0.39, 0.29) is 16.9 Å². The molecule has 13 heavy (non-hydrogen) atoms. The number of anilines is 1. The van der Waals surface area contributed by atoms with Crippen LogP contribution < -0.4 is 5.32 Å². The number of hydrogen-bond acceptors (Lipinski definition) is 1. The van der Waals surface area contributed by atoms with Crippen LogP contribution in [0.4, 0.5) is 10.1 Å². The van der Waals surface area contributed by atoms with E-state index in [1.807, 2.05) is 0 Å². The highest BCUT2D eigenvalue weighted by atomic mass is 79.9. The number of rotatable bonds is 2. The molecule has 0 aliphatic carbocycles. The second kappa shape index (κ2) is 4.37. The number of alkyl halides is 1. The largest absolute Gasteiger partial charge is 0.323 e. The van der Waals surface area contributed by atoms with E-state index in [1.165, 1.54) is 6.07 Å². The van der Waals surface area contributed by atoms with E-state index in [0.29, 0.717) is 0 Å².